The Labute approximate surface area is 134 Å². The minimum Gasteiger partial charge on any atom is -0.464 e. The van der Waals surface area contributed by atoms with Crippen LogP contribution in [0.3, 0.4) is 0 Å². The second kappa shape index (κ2) is 10.3. The van der Waals surface area contributed by atoms with Gasteiger partial charge in [0.1, 0.15) is 12.2 Å². The van der Waals surface area contributed by atoms with Crippen molar-refractivity contribution in [3.8, 4) is 0 Å². The summed E-state index contributed by atoms with van der Waals surface area (Å²) in [6, 6.07) is 0.856. The van der Waals surface area contributed by atoms with E-state index in [1.807, 2.05) is 6.55 Å². The van der Waals surface area contributed by atoms with Crippen molar-refractivity contribution in [2.45, 2.75) is 57.9 Å². The predicted octanol–water partition coefficient (Wildman–Crippen LogP) is 2.26. The molecule has 0 amide bonds. The largest absolute Gasteiger partial charge is 0.464 e. The van der Waals surface area contributed by atoms with E-state index >= 15 is 0 Å². The Hall–Kier alpha value is -0.473. The number of carbonyl (C=O) groups is 1. The lowest BCUT2D eigenvalue weighted by Crippen LogP contribution is -2.44. The molecular weight excluding hydrogens is 304 g/mol. The molecule has 3 atom stereocenters. The Balaban J connectivity index is 2.41. The molecule has 1 fully saturated rings. The first kappa shape index (κ1) is 19.6. The van der Waals surface area contributed by atoms with Crippen LogP contribution in [0.2, 0.25) is 12.6 Å². The summed E-state index contributed by atoms with van der Waals surface area (Å²) in [6.07, 6.45) is 2.00. The summed E-state index contributed by atoms with van der Waals surface area (Å²) in [7, 11) is -0.661. The topological polar surface area (TPSA) is 66.5 Å². The highest BCUT2D eigenvalue weighted by atomic mass is 28.4. The van der Waals surface area contributed by atoms with Crippen molar-refractivity contribution in [3.05, 3.63) is 0 Å². The molecule has 7 heteroatoms. The third-order valence-corrected chi connectivity index (χ3v) is 6.59. The fourth-order valence-corrected chi connectivity index (χ4v) is 4.32. The van der Waals surface area contributed by atoms with E-state index in [2.05, 4.69) is 6.92 Å². The Kier molecular flexibility index (Phi) is 9.19. The summed E-state index contributed by atoms with van der Waals surface area (Å²) in [6.45, 7) is 8.25. The van der Waals surface area contributed by atoms with Crippen LogP contribution < -0.4 is 0 Å². The molecule has 1 aliphatic rings. The van der Waals surface area contributed by atoms with Crippen LogP contribution in [0.15, 0.2) is 0 Å². The van der Waals surface area contributed by atoms with E-state index in [1.54, 1.807) is 14.0 Å². The van der Waals surface area contributed by atoms with Gasteiger partial charge in [-0.3, -0.25) is 0 Å². The lowest BCUT2D eigenvalue weighted by molar-refractivity contribution is -0.153. The van der Waals surface area contributed by atoms with E-state index in [4.69, 9.17) is 23.1 Å². The third kappa shape index (κ3) is 7.69. The molecule has 0 aromatic heterocycles. The number of rotatable bonds is 13. The zero-order valence-electron chi connectivity index (χ0n) is 14.3. The lowest BCUT2D eigenvalue weighted by Gasteiger charge is -2.29. The smallest absolute Gasteiger partial charge is 0.335 e. The molecule has 0 saturated carbocycles. The zero-order chi connectivity index (χ0) is 16.4. The minimum atomic E-state index is -2.32. The van der Waals surface area contributed by atoms with Crippen molar-refractivity contribution < 1.29 is 27.9 Å². The second-order valence-corrected chi connectivity index (χ2v) is 9.03. The molecule has 130 valence electrons. The number of hydrogen-bond acceptors (Lipinski definition) is 6. The molecular formula is C15H30O6Si. The molecule has 0 aromatic carbocycles. The van der Waals surface area contributed by atoms with Gasteiger partial charge in [-0.2, -0.15) is 0 Å². The highest BCUT2D eigenvalue weighted by Gasteiger charge is 2.35. The lowest BCUT2D eigenvalue weighted by atomic mass is 10.2. The monoisotopic (exact) mass is 334 g/mol. The standard InChI is InChI=1S/C15H30O6Si/c1-5-10-22(4,17-3)21-14(15(16)19-6-2)8-7-9-18-11-13-12-20-13/h13-14H,5-12H2,1-4H3. The molecule has 1 saturated heterocycles. The average Bonchev–Trinajstić information content (AvgIpc) is 3.30. The van der Waals surface area contributed by atoms with Crippen molar-refractivity contribution in [2.24, 2.45) is 0 Å². The highest BCUT2D eigenvalue weighted by Crippen LogP contribution is 2.20. The molecule has 1 rings (SSSR count). The van der Waals surface area contributed by atoms with Crippen molar-refractivity contribution in [1.82, 2.24) is 0 Å². The molecule has 0 bridgehead atoms. The third-order valence-electron chi connectivity index (χ3n) is 3.54. The first-order valence-corrected chi connectivity index (χ1v) is 10.7. The molecule has 0 N–H and O–H groups in total. The molecule has 0 aliphatic carbocycles. The van der Waals surface area contributed by atoms with Gasteiger partial charge in [-0.25, -0.2) is 4.79 Å². The number of ether oxygens (including phenoxy) is 3. The fraction of sp³-hybridized carbons (Fsp3) is 0.933. The van der Waals surface area contributed by atoms with E-state index in [-0.39, 0.29) is 12.1 Å². The molecule has 0 spiro atoms. The number of carbonyl (C=O) groups excluding carboxylic acids is 1. The molecule has 3 unspecified atom stereocenters. The van der Waals surface area contributed by atoms with Crippen molar-refractivity contribution in [2.75, 3.05) is 33.5 Å². The average molecular weight is 334 g/mol. The molecule has 22 heavy (non-hydrogen) atoms. The van der Waals surface area contributed by atoms with Crippen molar-refractivity contribution in [1.29, 1.82) is 0 Å². The number of epoxide rings is 1. The number of hydrogen-bond donors (Lipinski definition) is 0. The normalized spacial score (nSPS) is 21.2. The summed E-state index contributed by atoms with van der Waals surface area (Å²) in [5.74, 6) is -0.306. The summed E-state index contributed by atoms with van der Waals surface area (Å²) in [5.41, 5.74) is 0. The quantitative estimate of drug-likeness (QED) is 0.223. The molecule has 6 nitrogen and oxygen atoms in total. The van der Waals surface area contributed by atoms with Crippen LogP contribution in [0, 0.1) is 0 Å². The Bertz CT molecular complexity index is 323. The molecule has 1 aliphatic heterocycles. The molecule has 0 aromatic rings. The zero-order valence-corrected chi connectivity index (χ0v) is 15.3. The predicted molar refractivity (Wildman–Crippen MR) is 85.0 cm³/mol. The van der Waals surface area contributed by atoms with Gasteiger partial charge in [-0.15, -0.1) is 0 Å². The molecule has 1 heterocycles. The van der Waals surface area contributed by atoms with Crippen LogP contribution >= 0.6 is 0 Å². The van der Waals surface area contributed by atoms with Crippen LogP contribution in [0.1, 0.15) is 33.1 Å². The summed E-state index contributed by atoms with van der Waals surface area (Å²) < 4.78 is 27.3. The van der Waals surface area contributed by atoms with E-state index in [1.165, 1.54) is 0 Å². The van der Waals surface area contributed by atoms with Gasteiger partial charge in [0.15, 0.2) is 0 Å². The van der Waals surface area contributed by atoms with E-state index in [0.29, 0.717) is 26.2 Å². The van der Waals surface area contributed by atoms with Gasteiger partial charge in [-0.1, -0.05) is 13.3 Å². The van der Waals surface area contributed by atoms with Crippen molar-refractivity contribution >= 4 is 14.5 Å². The van der Waals surface area contributed by atoms with Crippen LogP contribution in [-0.2, 0) is 27.9 Å². The second-order valence-electron chi connectivity index (χ2n) is 5.62. The summed E-state index contributed by atoms with van der Waals surface area (Å²) in [4.78, 5) is 12.1. The SMILES string of the molecule is CCC[Si](C)(OC)OC(CCCOCC1CO1)C(=O)OCC. The van der Waals surface area contributed by atoms with E-state index in [0.717, 1.165) is 25.5 Å². The van der Waals surface area contributed by atoms with Gasteiger partial charge in [0.05, 0.1) is 19.8 Å². The van der Waals surface area contributed by atoms with Gasteiger partial charge < -0.3 is 23.1 Å². The Morgan fingerprint density at radius 1 is 1.41 bits per heavy atom. The summed E-state index contributed by atoms with van der Waals surface area (Å²) >= 11 is 0. The van der Waals surface area contributed by atoms with Gasteiger partial charge in [0.2, 0.25) is 0 Å². The number of esters is 1. The minimum absolute atomic E-state index is 0.269. The maximum Gasteiger partial charge on any atom is 0.335 e. The maximum atomic E-state index is 12.1. The first-order chi connectivity index (χ1) is 10.5. The first-order valence-electron chi connectivity index (χ1n) is 8.13. The van der Waals surface area contributed by atoms with Gasteiger partial charge >= 0.3 is 14.5 Å². The van der Waals surface area contributed by atoms with E-state index < -0.39 is 14.7 Å². The van der Waals surface area contributed by atoms with Gasteiger partial charge in [0, 0.05) is 13.7 Å². The Morgan fingerprint density at radius 2 is 2.14 bits per heavy atom. The molecule has 0 radical (unpaired) electrons. The van der Waals surface area contributed by atoms with Gasteiger partial charge in [-0.05, 0) is 32.4 Å². The van der Waals surface area contributed by atoms with Crippen LogP contribution in [0.25, 0.3) is 0 Å². The highest BCUT2D eigenvalue weighted by molar-refractivity contribution is 6.66. The van der Waals surface area contributed by atoms with E-state index in [9.17, 15) is 4.79 Å². The van der Waals surface area contributed by atoms with Gasteiger partial charge in [0.25, 0.3) is 0 Å². The van der Waals surface area contributed by atoms with Crippen LogP contribution in [-0.4, -0.2) is 60.3 Å². The van der Waals surface area contributed by atoms with Crippen LogP contribution in [0.5, 0.6) is 0 Å². The van der Waals surface area contributed by atoms with Crippen molar-refractivity contribution in [3.63, 3.8) is 0 Å². The maximum absolute atomic E-state index is 12.1. The Morgan fingerprint density at radius 3 is 2.68 bits per heavy atom. The summed E-state index contributed by atoms with van der Waals surface area (Å²) in [5, 5.41) is 0. The fourth-order valence-electron chi connectivity index (χ4n) is 2.17. The van der Waals surface area contributed by atoms with Crippen LogP contribution in [0.4, 0.5) is 0 Å².